The third kappa shape index (κ3) is 2.99. The highest BCUT2D eigenvalue weighted by atomic mass is 35.5. The normalized spacial score (nSPS) is 12.5. The molecule has 0 radical (unpaired) electrons. The van der Waals surface area contributed by atoms with E-state index in [9.17, 15) is 0 Å². The zero-order chi connectivity index (χ0) is 10.6. The highest BCUT2D eigenvalue weighted by Crippen LogP contribution is 2.17. The van der Waals surface area contributed by atoms with Crippen molar-refractivity contribution in [2.75, 3.05) is 24.2 Å². The van der Waals surface area contributed by atoms with Crippen LogP contribution in [0.15, 0.2) is 6.20 Å². The van der Waals surface area contributed by atoms with E-state index in [2.05, 4.69) is 15.3 Å². The summed E-state index contributed by atoms with van der Waals surface area (Å²) in [5.41, 5.74) is 5.33. The molecular weight excluding hydrogens is 208 g/mol. The second-order valence-corrected chi connectivity index (χ2v) is 3.05. The van der Waals surface area contributed by atoms with Crippen molar-refractivity contribution in [3.63, 3.8) is 0 Å². The van der Waals surface area contributed by atoms with Crippen molar-refractivity contribution in [1.82, 2.24) is 9.97 Å². The topological polar surface area (TPSA) is 104 Å². The molecule has 1 aromatic heterocycles. The van der Waals surface area contributed by atoms with Gasteiger partial charge in [-0.25, -0.2) is 4.98 Å². The van der Waals surface area contributed by atoms with Crippen LogP contribution in [0.25, 0.3) is 0 Å². The second-order valence-electron chi connectivity index (χ2n) is 2.64. The van der Waals surface area contributed by atoms with Crippen LogP contribution in [0.4, 0.5) is 11.8 Å². The summed E-state index contributed by atoms with van der Waals surface area (Å²) in [5, 5.41) is 20.6. The first-order chi connectivity index (χ1) is 6.63. The van der Waals surface area contributed by atoms with Gasteiger partial charge in [-0.1, -0.05) is 11.6 Å². The maximum absolute atomic E-state index is 9.05. The van der Waals surface area contributed by atoms with Gasteiger partial charge in [-0.05, 0) is 0 Å². The average molecular weight is 219 g/mol. The van der Waals surface area contributed by atoms with Gasteiger partial charge in [-0.3, -0.25) is 0 Å². The standard InChI is InChI=1S/C7H11ClN4O2/c8-5-2-11-7(9)12-6(5)10-1-4(14)3-13/h2,4,13-14H,1,3H2,(H3,9,10,11,12). The zero-order valence-corrected chi connectivity index (χ0v) is 8.07. The number of nitrogens with one attached hydrogen (secondary N) is 1. The lowest BCUT2D eigenvalue weighted by molar-refractivity contribution is 0.105. The largest absolute Gasteiger partial charge is 0.394 e. The van der Waals surface area contributed by atoms with E-state index in [1.807, 2.05) is 0 Å². The molecule has 0 aliphatic heterocycles. The fourth-order valence-corrected chi connectivity index (χ4v) is 0.942. The molecule has 1 aromatic rings. The molecule has 0 saturated heterocycles. The number of nitrogens with zero attached hydrogens (tertiary/aromatic N) is 2. The molecule has 6 nitrogen and oxygen atoms in total. The number of aliphatic hydroxyl groups is 2. The average Bonchev–Trinajstić information content (AvgIpc) is 2.19. The van der Waals surface area contributed by atoms with Crippen molar-refractivity contribution in [3.05, 3.63) is 11.2 Å². The molecule has 0 aliphatic carbocycles. The number of hydrogen-bond donors (Lipinski definition) is 4. The molecule has 0 aliphatic rings. The predicted octanol–water partition coefficient (Wildman–Crippen LogP) is -0.523. The number of nitrogen functional groups attached to an aromatic ring is 1. The molecule has 1 atom stereocenters. The molecule has 0 aromatic carbocycles. The fraction of sp³-hybridized carbons (Fsp3) is 0.429. The van der Waals surface area contributed by atoms with E-state index in [1.54, 1.807) is 0 Å². The molecule has 0 bridgehead atoms. The van der Waals surface area contributed by atoms with Gasteiger partial charge in [-0.15, -0.1) is 0 Å². The molecule has 78 valence electrons. The van der Waals surface area contributed by atoms with Gasteiger partial charge in [0, 0.05) is 6.54 Å². The van der Waals surface area contributed by atoms with Crippen LogP contribution in [0.3, 0.4) is 0 Å². The highest BCUT2D eigenvalue weighted by molar-refractivity contribution is 6.32. The van der Waals surface area contributed by atoms with E-state index >= 15 is 0 Å². The van der Waals surface area contributed by atoms with Gasteiger partial charge in [-0.2, -0.15) is 4.98 Å². The van der Waals surface area contributed by atoms with Gasteiger partial charge >= 0.3 is 0 Å². The van der Waals surface area contributed by atoms with Crippen molar-refractivity contribution in [1.29, 1.82) is 0 Å². The maximum atomic E-state index is 9.05. The lowest BCUT2D eigenvalue weighted by atomic mass is 10.4. The van der Waals surface area contributed by atoms with Crippen LogP contribution in [0.1, 0.15) is 0 Å². The van der Waals surface area contributed by atoms with Crippen LogP contribution in [0.2, 0.25) is 5.02 Å². The highest BCUT2D eigenvalue weighted by Gasteiger charge is 2.06. The third-order valence-electron chi connectivity index (χ3n) is 1.48. The Morgan fingerprint density at radius 1 is 1.64 bits per heavy atom. The molecule has 14 heavy (non-hydrogen) atoms. The molecule has 0 spiro atoms. The first-order valence-corrected chi connectivity index (χ1v) is 4.32. The van der Waals surface area contributed by atoms with Crippen molar-refractivity contribution in [2.24, 2.45) is 0 Å². The maximum Gasteiger partial charge on any atom is 0.222 e. The molecule has 1 heterocycles. The molecule has 0 amide bonds. The van der Waals surface area contributed by atoms with Crippen LogP contribution in [-0.2, 0) is 0 Å². The lowest BCUT2D eigenvalue weighted by Crippen LogP contribution is -2.23. The van der Waals surface area contributed by atoms with Gasteiger partial charge in [0.2, 0.25) is 5.95 Å². The Labute approximate surface area is 85.7 Å². The zero-order valence-electron chi connectivity index (χ0n) is 7.31. The Balaban J connectivity index is 2.62. The molecule has 0 fully saturated rings. The summed E-state index contributed by atoms with van der Waals surface area (Å²) >= 11 is 5.74. The molecule has 0 saturated carbocycles. The van der Waals surface area contributed by atoms with Gasteiger partial charge in [0.05, 0.1) is 18.9 Å². The smallest absolute Gasteiger partial charge is 0.222 e. The number of anilines is 2. The van der Waals surface area contributed by atoms with Crippen LogP contribution in [0, 0.1) is 0 Å². The Kier molecular flexibility index (Phi) is 3.87. The molecular formula is C7H11ClN4O2. The quantitative estimate of drug-likeness (QED) is 0.542. The SMILES string of the molecule is Nc1ncc(Cl)c(NCC(O)CO)n1. The van der Waals surface area contributed by atoms with Crippen LogP contribution in [0.5, 0.6) is 0 Å². The summed E-state index contributed by atoms with van der Waals surface area (Å²) in [6.45, 7) is -0.183. The first kappa shape index (κ1) is 11.0. The van der Waals surface area contributed by atoms with Crippen LogP contribution in [-0.4, -0.2) is 39.4 Å². The summed E-state index contributed by atoms with van der Waals surface area (Å²) in [6.07, 6.45) is 0.500. The molecule has 5 N–H and O–H groups in total. The van der Waals surface area contributed by atoms with Gasteiger partial charge in [0.25, 0.3) is 0 Å². The Morgan fingerprint density at radius 2 is 2.36 bits per heavy atom. The van der Waals surface area contributed by atoms with E-state index in [1.165, 1.54) is 6.20 Å². The number of aliphatic hydroxyl groups excluding tert-OH is 2. The predicted molar refractivity (Wildman–Crippen MR) is 53.0 cm³/mol. The number of halogens is 1. The lowest BCUT2D eigenvalue weighted by Gasteiger charge is -2.10. The summed E-state index contributed by atoms with van der Waals surface area (Å²) in [4.78, 5) is 7.48. The second kappa shape index (κ2) is 4.94. The van der Waals surface area contributed by atoms with E-state index in [0.29, 0.717) is 10.8 Å². The summed E-state index contributed by atoms with van der Waals surface area (Å²) in [7, 11) is 0. The monoisotopic (exact) mass is 218 g/mol. The third-order valence-corrected chi connectivity index (χ3v) is 1.76. The van der Waals surface area contributed by atoms with Crippen molar-refractivity contribution >= 4 is 23.4 Å². The van der Waals surface area contributed by atoms with E-state index in [-0.39, 0.29) is 19.1 Å². The number of aromatic nitrogens is 2. The van der Waals surface area contributed by atoms with Gasteiger partial charge in [0.15, 0.2) is 5.82 Å². The van der Waals surface area contributed by atoms with Crippen molar-refractivity contribution in [3.8, 4) is 0 Å². The molecule has 1 unspecified atom stereocenters. The van der Waals surface area contributed by atoms with E-state index in [4.69, 9.17) is 27.5 Å². The summed E-state index contributed by atoms with van der Waals surface area (Å²) in [5.74, 6) is 0.432. The Hall–Kier alpha value is -1.11. The molecule has 1 rings (SSSR count). The van der Waals surface area contributed by atoms with E-state index in [0.717, 1.165) is 0 Å². The number of hydrogen-bond acceptors (Lipinski definition) is 6. The summed E-state index contributed by atoms with van der Waals surface area (Å²) in [6, 6.07) is 0. The Morgan fingerprint density at radius 3 is 3.00 bits per heavy atom. The number of nitrogens with two attached hydrogens (primary N) is 1. The van der Waals surface area contributed by atoms with Gasteiger partial charge in [0.1, 0.15) is 5.02 Å². The summed E-state index contributed by atoms with van der Waals surface area (Å²) < 4.78 is 0. The van der Waals surface area contributed by atoms with Gasteiger partial charge < -0.3 is 21.3 Å². The minimum absolute atomic E-state index is 0.0930. The minimum Gasteiger partial charge on any atom is -0.394 e. The minimum atomic E-state index is -0.859. The van der Waals surface area contributed by atoms with Crippen molar-refractivity contribution < 1.29 is 10.2 Å². The van der Waals surface area contributed by atoms with Crippen molar-refractivity contribution in [2.45, 2.75) is 6.10 Å². The first-order valence-electron chi connectivity index (χ1n) is 3.94. The number of rotatable bonds is 4. The molecule has 7 heteroatoms. The van der Waals surface area contributed by atoms with Crippen LogP contribution < -0.4 is 11.1 Å². The van der Waals surface area contributed by atoms with Crippen LogP contribution >= 0.6 is 11.6 Å². The Bertz CT molecular complexity index is 310. The fourth-order valence-electron chi connectivity index (χ4n) is 0.784. The van der Waals surface area contributed by atoms with E-state index < -0.39 is 6.10 Å².